The van der Waals surface area contributed by atoms with Gasteiger partial charge in [0.2, 0.25) is 0 Å². The van der Waals surface area contributed by atoms with E-state index >= 15 is 0 Å². The summed E-state index contributed by atoms with van der Waals surface area (Å²) in [5, 5.41) is 0. The van der Waals surface area contributed by atoms with Crippen molar-refractivity contribution in [2.24, 2.45) is 11.7 Å². The topological polar surface area (TPSA) is 38.5 Å². The van der Waals surface area contributed by atoms with Crippen molar-refractivity contribution in [3.05, 3.63) is 35.9 Å². The fraction of sp³-hybridized carbons (Fsp3) is 0.667. The first-order valence-corrected chi connectivity index (χ1v) is 8.22. The maximum Gasteiger partial charge on any atom is 0.0502 e. The summed E-state index contributed by atoms with van der Waals surface area (Å²) in [6, 6.07) is 11.3. The van der Waals surface area contributed by atoms with E-state index < -0.39 is 0 Å². The third-order valence-corrected chi connectivity index (χ3v) is 4.74. The highest BCUT2D eigenvalue weighted by Crippen LogP contribution is 2.25. The summed E-state index contributed by atoms with van der Waals surface area (Å²) >= 11 is 0. The standard InChI is InChI=1S/C18H30N2O/c1-15(17-8-4-3-5-9-17)11-18(12-19)20-10-6-7-16(13-20)14-21-2/h3-5,8-9,15-16,18H,6-7,10-14,19H2,1-2H3. The van der Waals surface area contributed by atoms with E-state index in [9.17, 15) is 0 Å². The lowest BCUT2D eigenvalue weighted by Crippen LogP contribution is -2.47. The van der Waals surface area contributed by atoms with Gasteiger partial charge >= 0.3 is 0 Å². The van der Waals surface area contributed by atoms with Crippen molar-refractivity contribution in [1.82, 2.24) is 4.90 Å². The molecule has 0 spiro atoms. The SMILES string of the molecule is COCC1CCCN(C(CN)CC(C)c2ccccc2)C1. The van der Waals surface area contributed by atoms with Gasteiger partial charge in [0, 0.05) is 26.2 Å². The molecule has 0 aromatic heterocycles. The van der Waals surface area contributed by atoms with Gasteiger partial charge in [-0.2, -0.15) is 0 Å². The third kappa shape index (κ3) is 4.80. The Morgan fingerprint density at radius 2 is 2.10 bits per heavy atom. The van der Waals surface area contributed by atoms with Crippen LogP contribution in [-0.2, 0) is 4.74 Å². The number of hydrogen-bond acceptors (Lipinski definition) is 3. The number of piperidine rings is 1. The molecule has 1 fully saturated rings. The third-order valence-electron chi connectivity index (χ3n) is 4.74. The summed E-state index contributed by atoms with van der Waals surface area (Å²) in [7, 11) is 1.80. The van der Waals surface area contributed by atoms with Gasteiger partial charge in [-0.25, -0.2) is 0 Å². The van der Waals surface area contributed by atoms with Crippen molar-refractivity contribution in [2.45, 2.75) is 38.1 Å². The van der Waals surface area contributed by atoms with Gasteiger partial charge in [0.15, 0.2) is 0 Å². The highest BCUT2D eigenvalue weighted by molar-refractivity contribution is 5.19. The van der Waals surface area contributed by atoms with Crippen molar-refractivity contribution in [1.29, 1.82) is 0 Å². The monoisotopic (exact) mass is 290 g/mol. The zero-order valence-corrected chi connectivity index (χ0v) is 13.5. The van der Waals surface area contributed by atoms with Crippen LogP contribution in [0.25, 0.3) is 0 Å². The van der Waals surface area contributed by atoms with E-state index in [0.717, 1.165) is 26.1 Å². The molecule has 3 atom stereocenters. The number of rotatable bonds is 7. The van der Waals surface area contributed by atoms with Gasteiger partial charge < -0.3 is 10.5 Å². The van der Waals surface area contributed by atoms with Crippen LogP contribution in [-0.4, -0.2) is 44.3 Å². The average Bonchev–Trinajstić information content (AvgIpc) is 2.54. The van der Waals surface area contributed by atoms with Gasteiger partial charge in [-0.15, -0.1) is 0 Å². The summed E-state index contributed by atoms with van der Waals surface area (Å²) < 4.78 is 5.34. The van der Waals surface area contributed by atoms with Crippen molar-refractivity contribution in [2.75, 3.05) is 33.4 Å². The van der Waals surface area contributed by atoms with Gasteiger partial charge in [0.25, 0.3) is 0 Å². The predicted octanol–water partition coefficient (Wildman–Crippen LogP) is 2.87. The first kappa shape index (κ1) is 16.5. The van der Waals surface area contributed by atoms with Crippen LogP contribution < -0.4 is 5.73 Å². The van der Waals surface area contributed by atoms with E-state index in [-0.39, 0.29) is 0 Å². The number of likely N-dealkylation sites (tertiary alicyclic amines) is 1. The van der Waals surface area contributed by atoms with Crippen molar-refractivity contribution in [3.8, 4) is 0 Å². The Morgan fingerprint density at radius 1 is 1.33 bits per heavy atom. The number of hydrogen-bond donors (Lipinski definition) is 1. The molecule has 2 N–H and O–H groups in total. The fourth-order valence-electron chi connectivity index (χ4n) is 3.52. The van der Waals surface area contributed by atoms with Gasteiger partial charge in [0.05, 0.1) is 6.61 Å². The molecular formula is C18H30N2O. The predicted molar refractivity (Wildman–Crippen MR) is 88.5 cm³/mol. The summed E-state index contributed by atoms with van der Waals surface area (Å²) in [6.45, 7) is 6.26. The van der Waals surface area contributed by atoms with E-state index in [1.165, 1.54) is 24.9 Å². The Hall–Kier alpha value is -0.900. The Kier molecular flexibility index (Phi) is 6.68. The molecular weight excluding hydrogens is 260 g/mol. The largest absolute Gasteiger partial charge is 0.384 e. The summed E-state index contributed by atoms with van der Waals surface area (Å²) in [5.41, 5.74) is 7.49. The maximum atomic E-state index is 6.08. The van der Waals surface area contributed by atoms with Gasteiger partial charge in [0.1, 0.15) is 0 Å². The molecule has 0 radical (unpaired) electrons. The molecule has 3 heteroatoms. The lowest BCUT2D eigenvalue weighted by molar-refractivity contribution is 0.0661. The molecule has 0 aliphatic carbocycles. The fourth-order valence-corrected chi connectivity index (χ4v) is 3.52. The van der Waals surface area contributed by atoms with Crippen LogP contribution in [0.15, 0.2) is 30.3 Å². The molecule has 1 aliphatic heterocycles. The Morgan fingerprint density at radius 3 is 2.76 bits per heavy atom. The normalized spacial score (nSPS) is 22.9. The molecule has 1 aliphatic rings. The van der Waals surface area contributed by atoms with Crippen molar-refractivity contribution < 1.29 is 4.74 Å². The Labute approximate surface area is 129 Å². The molecule has 3 nitrogen and oxygen atoms in total. The van der Waals surface area contributed by atoms with E-state index in [1.54, 1.807) is 7.11 Å². The van der Waals surface area contributed by atoms with Crippen LogP contribution in [0.1, 0.15) is 37.7 Å². The van der Waals surface area contributed by atoms with E-state index in [1.807, 2.05) is 0 Å². The second-order valence-electron chi connectivity index (χ2n) is 6.40. The van der Waals surface area contributed by atoms with Crippen LogP contribution in [0.5, 0.6) is 0 Å². The maximum absolute atomic E-state index is 6.08. The smallest absolute Gasteiger partial charge is 0.0502 e. The second kappa shape index (κ2) is 8.52. The minimum absolute atomic E-state index is 0.486. The zero-order chi connectivity index (χ0) is 15.1. The summed E-state index contributed by atoms with van der Waals surface area (Å²) in [5.74, 6) is 1.23. The highest BCUT2D eigenvalue weighted by Gasteiger charge is 2.26. The number of nitrogens with zero attached hydrogens (tertiary/aromatic N) is 1. The molecule has 1 aromatic carbocycles. The first-order chi connectivity index (χ1) is 10.2. The van der Waals surface area contributed by atoms with Crippen LogP contribution in [0.2, 0.25) is 0 Å². The highest BCUT2D eigenvalue weighted by atomic mass is 16.5. The first-order valence-electron chi connectivity index (χ1n) is 8.22. The van der Waals surface area contributed by atoms with Crippen LogP contribution in [0.3, 0.4) is 0 Å². The molecule has 1 aromatic rings. The molecule has 21 heavy (non-hydrogen) atoms. The molecule has 0 bridgehead atoms. The number of nitrogens with two attached hydrogens (primary N) is 1. The Bertz CT molecular complexity index is 393. The summed E-state index contributed by atoms with van der Waals surface area (Å²) in [4.78, 5) is 2.59. The molecule has 3 unspecified atom stereocenters. The van der Waals surface area contributed by atoms with E-state index in [0.29, 0.717) is 17.9 Å². The van der Waals surface area contributed by atoms with E-state index in [2.05, 4.69) is 42.2 Å². The van der Waals surface area contributed by atoms with Crippen LogP contribution in [0, 0.1) is 5.92 Å². The van der Waals surface area contributed by atoms with Crippen LogP contribution in [0.4, 0.5) is 0 Å². The molecule has 2 rings (SSSR count). The molecule has 0 amide bonds. The zero-order valence-electron chi connectivity index (χ0n) is 13.5. The number of ether oxygens (including phenoxy) is 1. The summed E-state index contributed by atoms with van der Waals surface area (Å²) in [6.07, 6.45) is 3.69. The van der Waals surface area contributed by atoms with Crippen molar-refractivity contribution in [3.63, 3.8) is 0 Å². The number of methoxy groups -OCH3 is 1. The van der Waals surface area contributed by atoms with Gasteiger partial charge in [-0.1, -0.05) is 37.3 Å². The average molecular weight is 290 g/mol. The minimum Gasteiger partial charge on any atom is -0.384 e. The lowest BCUT2D eigenvalue weighted by atomic mass is 9.91. The molecule has 1 saturated heterocycles. The van der Waals surface area contributed by atoms with E-state index in [4.69, 9.17) is 10.5 Å². The van der Waals surface area contributed by atoms with Gasteiger partial charge in [-0.3, -0.25) is 4.90 Å². The van der Waals surface area contributed by atoms with Gasteiger partial charge in [-0.05, 0) is 43.2 Å². The number of benzene rings is 1. The Balaban J connectivity index is 1.92. The second-order valence-corrected chi connectivity index (χ2v) is 6.40. The minimum atomic E-state index is 0.486. The molecule has 118 valence electrons. The van der Waals surface area contributed by atoms with Crippen molar-refractivity contribution >= 4 is 0 Å². The molecule has 0 saturated carbocycles. The molecule has 1 heterocycles. The van der Waals surface area contributed by atoms with Crippen LogP contribution >= 0.6 is 0 Å². The lowest BCUT2D eigenvalue weighted by Gasteiger charge is -2.38. The quantitative estimate of drug-likeness (QED) is 0.839.